The number of nitrogens with one attached hydrogen (secondary N) is 1. The van der Waals surface area contributed by atoms with Crippen LogP contribution in [0.25, 0.3) is 33.5 Å². The van der Waals surface area contributed by atoms with Crippen LogP contribution < -0.4 is 5.73 Å². The number of benzene rings is 3. The number of carbonyl (C=O) groups is 1. The maximum absolute atomic E-state index is 11.7. The second-order valence-electron chi connectivity index (χ2n) is 8.99. The number of para-hydroxylation sites is 1. The molecular weight excluding hydrogens is 469 g/mol. The van der Waals surface area contributed by atoms with E-state index < -0.39 is 5.91 Å². The first-order valence-electron chi connectivity index (χ1n) is 11.8. The summed E-state index contributed by atoms with van der Waals surface area (Å²) in [5.41, 5.74) is 12.2. The molecule has 1 heterocycles. The van der Waals surface area contributed by atoms with Crippen LogP contribution in [0.4, 0.5) is 0 Å². The van der Waals surface area contributed by atoms with Crippen molar-refractivity contribution in [3.8, 4) is 22.5 Å². The number of aromatic nitrogens is 2. The number of fused-ring (bicyclic) bond motifs is 1. The predicted octanol–water partition coefficient (Wildman–Crippen LogP) is 6.20. The van der Waals surface area contributed by atoms with Gasteiger partial charge in [0.2, 0.25) is 0 Å². The van der Waals surface area contributed by atoms with Gasteiger partial charge in [-0.3, -0.25) is 4.79 Å². The van der Waals surface area contributed by atoms with Crippen LogP contribution in [0.3, 0.4) is 0 Å². The van der Waals surface area contributed by atoms with Crippen LogP contribution >= 0.6 is 0 Å². The molecule has 0 spiro atoms. The van der Waals surface area contributed by atoms with Gasteiger partial charge in [-0.05, 0) is 12.1 Å². The number of primary amides is 1. The van der Waals surface area contributed by atoms with E-state index in [1.54, 1.807) is 6.07 Å². The van der Waals surface area contributed by atoms with E-state index in [0.717, 1.165) is 22.8 Å². The van der Waals surface area contributed by atoms with E-state index in [1.807, 2.05) is 12.1 Å². The fraction of sp³-hybridized carbons (Fsp3) is 0.286. The first-order chi connectivity index (χ1) is 16.2. The summed E-state index contributed by atoms with van der Waals surface area (Å²) in [6.45, 7) is 0. The molecule has 1 fully saturated rings. The van der Waals surface area contributed by atoms with Crippen molar-refractivity contribution in [2.75, 3.05) is 0 Å². The molecule has 1 aliphatic carbocycles. The quantitative estimate of drug-likeness (QED) is 0.298. The van der Waals surface area contributed by atoms with Crippen molar-refractivity contribution in [1.29, 1.82) is 0 Å². The second-order valence-corrected chi connectivity index (χ2v) is 11.4. The van der Waals surface area contributed by atoms with Gasteiger partial charge in [0.1, 0.15) is 0 Å². The summed E-state index contributed by atoms with van der Waals surface area (Å²) in [4.78, 5) is 19.6. The summed E-state index contributed by atoms with van der Waals surface area (Å²) >= 11 is 0.422. The molecule has 4 nitrogen and oxygen atoms in total. The van der Waals surface area contributed by atoms with Crippen LogP contribution in [-0.4, -0.2) is 31.6 Å². The molecule has 5 heteroatoms. The normalized spacial score (nSPS) is 14.9. The van der Waals surface area contributed by atoms with E-state index in [0.29, 0.717) is 26.8 Å². The van der Waals surface area contributed by atoms with Crippen molar-refractivity contribution in [2.45, 2.75) is 42.5 Å². The molecule has 3 N–H and O–H groups in total. The molecule has 5 rings (SSSR count). The van der Waals surface area contributed by atoms with Crippen molar-refractivity contribution < 1.29 is 4.79 Å². The number of carbonyl (C=O) groups excluding carboxylic acids is 1. The molecular formula is C28H29AsN3O. The molecule has 1 aliphatic rings. The Balaban J connectivity index is 1.25. The average Bonchev–Trinajstić information content (AvgIpc) is 3.30. The SMILES string of the molecule is NC(=O)c1cccc2[nH]c(-c3ccc(-c4ccc(C[As]CC5CCCCC5)cc4)cc3)nc12. The molecule has 33 heavy (non-hydrogen) atoms. The molecule has 0 atom stereocenters. The molecule has 3 aromatic carbocycles. The number of nitrogens with two attached hydrogens (primary N) is 1. The number of imidazole rings is 1. The summed E-state index contributed by atoms with van der Waals surface area (Å²) in [7, 11) is 0. The second kappa shape index (κ2) is 9.97. The maximum atomic E-state index is 11.7. The molecule has 0 unspecified atom stereocenters. The monoisotopic (exact) mass is 498 g/mol. The third-order valence-electron chi connectivity index (χ3n) is 6.63. The van der Waals surface area contributed by atoms with E-state index in [2.05, 4.69) is 58.5 Å². The third kappa shape index (κ3) is 5.07. The summed E-state index contributed by atoms with van der Waals surface area (Å²) in [5, 5.41) is 2.74. The van der Waals surface area contributed by atoms with Gasteiger partial charge < -0.3 is 5.73 Å². The molecule has 0 aliphatic heterocycles. The minimum atomic E-state index is -0.465. The van der Waals surface area contributed by atoms with Gasteiger partial charge in [-0.15, -0.1) is 0 Å². The number of nitrogens with zero attached hydrogens (tertiary/aromatic N) is 1. The minimum absolute atomic E-state index is 0.422. The number of rotatable bonds is 7. The number of H-pyrrole nitrogens is 1. The zero-order chi connectivity index (χ0) is 22.6. The number of hydrogen-bond acceptors (Lipinski definition) is 2. The van der Waals surface area contributed by atoms with E-state index in [9.17, 15) is 4.79 Å². The fourth-order valence-corrected chi connectivity index (χ4v) is 7.52. The van der Waals surface area contributed by atoms with Crippen LogP contribution in [0.1, 0.15) is 48.0 Å². The summed E-state index contributed by atoms with van der Waals surface area (Å²) in [6, 6.07) is 22.9. The van der Waals surface area contributed by atoms with Crippen LogP contribution in [-0.2, 0) is 5.21 Å². The Morgan fingerprint density at radius 1 is 0.909 bits per heavy atom. The first-order valence-corrected chi connectivity index (χ1v) is 14.4. The number of aromatic amines is 1. The van der Waals surface area contributed by atoms with Gasteiger partial charge >= 0.3 is 162 Å². The zero-order valence-electron chi connectivity index (χ0n) is 18.8. The Morgan fingerprint density at radius 3 is 2.27 bits per heavy atom. The molecule has 1 saturated carbocycles. The van der Waals surface area contributed by atoms with Crippen molar-refractivity contribution in [3.63, 3.8) is 0 Å². The topological polar surface area (TPSA) is 71.8 Å². The summed E-state index contributed by atoms with van der Waals surface area (Å²) < 4.78 is 0. The first kappa shape index (κ1) is 22.0. The van der Waals surface area contributed by atoms with Crippen molar-refractivity contribution >= 4 is 32.7 Å². The molecule has 167 valence electrons. The van der Waals surface area contributed by atoms with Gasteiger partial charge in [-0.2, -0.15) is 0 Å². The van der Waals surface area contributed by atoms with Crippen LogP contribution in [0, 0.1) is 5.92 Å². The van der Waals surface area contributed by atoms with E-state index in [-0.39, 0.29) is 0 Å². The predicted molar refractivity (Wildman–Crippen MR) is 136 cm³/mol. The van der Waals surface area contributed by atoms with Gasteiger partial charge in [-0.25, -0.2) is 0 Å². The summed E-state index contributed by atoms with van der Waals surface area (Å²) in [5.74, 6) is 1.28. The molecule has 1 amide bonds. The van der Waals surface area contributed by atoms with Crippen molar-refractivity contribution in [1.82, 2.24) is 9.97 Å². The Kier molecular flexibility index (Phi) is 6.64. The van der Waals surface area contributed by atoms with Crippen molar-refractivity contribution in [2.24, 2.45) is 11.7 Å². The molecule has 1 radical (unpaired) electrons. The molecule has 0 bridgehead atoms. The molecule has 1 aromatic heterocycles. The van der Waals surface area contributed by atoms with Gasteiger partial charge in [-0.1, -0.05) is 6.07 Å². The Bertz CT molecular complexity index is 1240. The van der Waals surface area contributed by atoms with Crippen molar-refractivity contribution in [3.05, 3.63) is 77.9 Å². The van der Waals surface area contributed by atoms with E-state index >= 15 is 0 Å². The van der Waals surface area contributed by atoms with Crippen LogP contribution in [0.15, 0.2) is 66.7 Å². The van der Waals surface area contributed by atoms with Gasteiger partial charge in [0, 0.05) is 0 Å². The Morgan fingerprint density at radius 2 is 1.58 bits per heavy atom. The molecule has 0 saturated heterocycles. The summed E-state index contributed by atoms with van der Waals surface area (Å²) in [6.07, 6.45) is 7.27. The number of amides is 1. The van der Waals surface area contributed by atoms with E-state index in [1.165, 1.54) is 59.2 Å². The Labute approximate surface area is 201 Å². The van der Waals surface area contributed by atoms with Gasteiger partial charge in [0.15, 0.2) is 0 Å². The average molecular weight is 498 g/mol. The fourth-order valence-electron chi connectivity index (χ4n) is 4.74. The van der Waals surface area contributed by atoms with Crippen LogP contribution in [0.5, 0.6) is 0 Å². The third-order valence-corrected chi connectivity index (χ3v) is 9.49. The van der Waals surface area contributed by atoms with Crippen LogP contribution in [0.2, 0.25) is 5.21 Å². The zero-order valence-corrected chi connectivity index (χ0v) is 20.6. The van der Waals surface area contributed by atoms with E-state index in [4.69, 9.17) is 5.73 Å². The molecule has 4 aromatic rings. The standard InChI is InChI=1S/C28H29AsN3O/c30-27(33)24-7-4-8-25-26(24)32-28(31-25)23-15-13-22(14-16-23)21-11-9-20(10-12-21)18-29-17-19-5-2-1-3-6-19/h4,7-16,19H,1-3,5-6,17-18H2,(H2,30,33)(H,31,32). The van der Waals surface area contributed by atoms with Gasteiger partial charge in [0.25, 0.3) is 5.91 Å². The van der Waals surface area contributed by atoms with Gasteiger partial charge in [0.05, 0.1) is 5.56 Å². The Hall–Kier alpha value is -2.84. The number of hydrogen-bond donors (Lipinski definition) is 2.